The predicted molar refractivity (Wildman–Crippen MR) is 80.8 cm³/mol. The molecule has 3 rings (SSSR count). The van der Waals surface area contributed by atoms with Crippen LogP contribution in [0.4, 0.5) is 13.2 Å². The highest BCUT2D eigenvalue weighted by Crippen LogP contribution is 2.51. The monoisotopic (exact) mass is 402 g/mol. The van der Waals surface area contributed by atoms with Crippen LogP contribution in [0.1, 0.15) is 26.2 Å². The summed E-state index contributed by atoms with van der Waals surface area (Å²) in [6.07, 6.45) is -3.50. The number of esters is 1. The van der Waals surface area contributed by atoms with Crippen molar-refractivity contribution in [1.82, 2.24) is 0 Å². The number of rotatable bonds is 7. The van der Waals surface area contributed by atoms with Gasteiger partial charge in [-0.2, -0.15) is 21.6 Å². The van der Waals surface area contributed by atoms with Crippen LogP contribution in [0.5, 0.6) is 0 Å². The van der Waals surface area contributed by atoms with Gasteiger partial charge in [-0.25, -0.2) is 0 Å². The van der Waals surface area contributed by atoms with Gasteiger partial charge in [0.15, 0.2) is 0 Å². The zero-order valence-corrected chi connectivity index (χ0v) is 14.9. The normalized spacial score (nSPS) is 36.0. The second-order valence-electron chi connectivity index (χ2n) is 7.54. The van der Waals surface area contributed by atoms with Gasteiger partial charge in [0, 0.05) is 0 Å². The average Bonchev–Trinajstić information content (AvgIpc) is 3.08. The van der Waals surface area contributed by atoms with E-state index >= 15 is 0 Å². The maximum atomic E-state index is 13.2. The summed E-state index contributed by atoms with van der Waals surface area (Å²) < 4.78 is 85.8. The third-order valence-electron chi connectivity index (χ3n) is 5.38. The van der Waals surface area contributed by atoms with Gasteiger partial charge in [0.25, 0.3) is 10.1 Å². The average molecular weight is 402 g/mol. The minimum absolute atomic E-state index is 0.0416. The molecular formula is C15H21F3O7S. The first-order valence-electron chi connectivity index (χ1n) is 8.36. The van der Waals surface area contributed by atoms with Crippen LogP contribution in [-0.2, 0) is 29.1 Å². The van der Waals surface area contributed by atoms with E-state index in [0.717, 1.165) is 0 Å². The van der Waals surface area contributed by atoms with Crippen LogP contribution in [0.15, 0.2) is 0 Å². The number of halogens is 3. The first-order chi connectivity index (χ1) is 11.9. The molecule has 0 amide bonds. The highest BCUT2D eigenvalue weighted by molar-refractivity contribution is 7.85. The number of hydrogen-bond donors (Lipinski definition) is 1. The molecule has 7 nitrogen and oxygen atoms in total. The minimum Gasteiger partial charge on any atom is -0.448 e. The van der Waals surface area contributed by atoms with Gasteiger partial charge in [0.05, 0.1) is 25.2 Å². The molecule has 3 aliphatic rings. The molecule has 1 saturated heterocycles. The second kappa shape index (κ2) is 6.61. The van der Waals surface area contributed by atoms with Crippen LogP contribution in [0.2, 0.25) is 0 Å². The molecule has 0 radical (unpaired) electrons. The summed E-state index contributed by atoms with van der Waals surface area (Å²) in [5.74, 6) is -3.62. The maximum absolute atomic E-state index is 13.2. The fourth-order valence-electron chi connectivity index (χ4n) is 3.93. The van der Waals surface area contributed by atoms with Gasteiger partial charge in [-0.05, 0) is 38.0 Å². The van der Waals surface area contributed by atoms with E-state index in [2.05, 4.69) is 4.74 Å². The lowest BCUT2D eigenvalue weighted by molar-refractivity contribution is -0.258. The highest BCUT2D eigenvalue weighted by atomic mass is 32.2. The first kappa shape index (κ1) is 19.8. The molecule has 1 N–H and O–H groups in total. The third-order valence-corrected chi connectivity index (χ3v) is 6.29. The molecule has 0 spiro atoms. The molecule has 0 aromatic heterocycles. The lowest BCUT2D eigenvalue weighted by atomic mass is 9.87. The Morgan fingerprint density at radius 1 is 1.23 bits per heavy atom. The third kappa shape index (κ3) is 4.32. The van der Waals surface area contributed by atoms with Gasteiger partial charge in [-0.3, -0.25) is 9.35 Å². The fraction of sp³-hybridized carbons (Fsp3) is 0.933. The molecule has 2 aliphatic carbocycles. The molecular weight excluding hydrogens is 381 g/mol. The minimum atomic E-state index is -5.13. The molecule has 150 valence electrons. The number of alkyl halides is 3. The van der Waals surface area contributed by atoms with Crippen molar-refractivity contribution in [3.05, 3.63) is 0 Å². The van der Waals surface area contributed by atoms with Gasteiger partial charge in [-0.15, -0.1) is 0 Å². The number of carbonyl (C=O) groups is 1. The van der Waals surface area contributed by atoms with Crippen molar-refractivity contribution in [2.24, 2.45) is 17.8 Å². The van der Waals surface area contributed by atoms with Crippen LogP contribution in [0.3, 0.4) is 0 Å². The second-order valence-corrected chi connectivity index (χ2v) is 8.99. The number of ether oxygens (including phenoxy) is 3. The number of carbonyl (C=O) groups excluding carboxylic acids is 1. The number of fused-ring (bicyclic) bond motifs is 2. The summed E-state index contributed by atoms with van der Waals surface area (Å²) in [7, 11) is -4.99. The Morgan fingerprint density at radius 3 is 2.35 bits per heavy atom. The molecule has 0 aromatic rings. The summed E-state index contributed by atoms with van der Waals surface area (Å²) in [4.78, 5) is 12.3. The molecule has 1 aliphatic heterocycles. The van der Waals surface area contributed by atoms with E-state index in [4.69, 9.17) is 14.0 Å². The molecule has 26 heavy (non-hydrogen) atoms. The van der Waals surface area contributed by atoms with E-state index in [1.165, 1.54) is 0 Å². The van der Waals surface area contributed by atoms with E-state index in [-0.39, 0.29) is 24.0 Å². The summed E-state index contributed by atoms with van der Waals surface area (Å²) in [6.45, 7) is 1.59. The number of hydrogen-bond acceptors (Lipinski definition) is 6. The van der Waals surface area contributed by atoms with Gasteiger partial charge in [0.1, 0.15) is 11.9 Å². The van der Waals surface area contributed by atoms with Gasteiger partial charge >= 0.3 is 12.1 Å². The molecule has 6 atom stereocenters. The quantitative estimate of drug-likeness (QED) is 0.392. The lowest BCUT2D eigenvalue weighted by Crippen LogP contribution is -2.52. The molecule has 11 heteroatoms. The number of epoxide rings is 1. The standard InChI is InChI=1S/C15H21F3O7S/c1-14(15(16,17)18,7-26(20,21)22)25-13(19)11-3-9-2-8(11)4-12(9)24-6-10-5-23-10/h8-12H,2-7H2,1H3,(H,20,21,22). The van der Waals surface area contributed by atoms with E-state index in [1.807, 2.05) is 0 Å². The molecule has 0 aromatic carbocycles. The predicted octanol–water partition coefficient (Wildman–Crippen LogP) is 1.57. The maximum Gasteiger partial charge on any atom is 0.429 e. The Hall–Kier alpha value is -0.910. The van der Waals surface area contributed by atoms with Crippen molar-refractivity contribution in [2.75, 3.05) is 19.0 Å². The fourth-order valence-corrected chi connectivity index (χ4v) is 4.84. The van der Waals surface area contributed by atoms with E-state index in [9.17, 15) is 26.4 Å². The first-order valence-corrected chi connectivity index (χ1v) is 9.97. The molecule has 2 saturated carbocycles. The van der Waals surface area contributed by atoms with Crippen LogP contribution < -0.4 is 0 Å². The topological polar surface area (TPSA) is 102 Å². The van der Waals surface area contributed by atoms with Crippen molar-refractivity contribution in [2.45, 2.75) is 50.2 Å². The molecule has 6 unspecified atom stereocenters. The summed E-state index contributed by atoms with van der Waals surface area (Å²) in [6, 6.07) is 0. The van der Waals surface area contributed by atoms with Gasteiger partial charge in [-0.1, -0.05) is 0 Å². The molecule has 3 fully saturated rings. The van der Waals surface area contributed by atoms with E-state index in [0.29, 0.717) is 39.4 Å². The summed E-state index contributed by atoms with van der Waals surface area (Å²) in [5, 5.41) is 0. The summed E-state index contributed by atoms with van der Waals surface area (Å²) >= 11 is 0. The van der Waals surface area contributed by atoms with Crippen molar-refractivity contribution in [1.29, 1.82) is 0 Å². The zero-order chi connectivity index (χ0) is 19.3. The highest BCUT2D eigenvalue weighted by Gasteiger charge is 2.59. The van der Waals surface area contributed by atoms with E-state index in [1.54, 1.807) is 0 Å². The Labute approximate surface area is 148 Å². The Morgan fingerprint density at radius 2 is 1.88 bits per heavy atom. The van der Waals surface area contributed by atoms with Crippen molar-refractivity contribution < 1.29 is 45.1 Å². The van der Waals surface area contributed by atoms with Crippen molar-refractivity contribution in [3.8, 4) is 0 Å². The van der Waals surface area contributed by atoms with Crippen LogP contribution >= 0.6 is 0 Å². The Kier molecular flexibility index (Phi) is 5.04. The smallest absolute Gasteiger partial charge is 0.429 e. The summed E-state index contributed by atoms with van der Waals surface area (Å²) in [5.41, 5.74) is -3.29. The largest absolute Gasteiger partial charge is 0.448 e. The van der Waals surface area contributed by atoms with E-state index < -0.39 is 39.5 Å². The molecule has 2 bridgehead atoms. The SMILES string of the molecule is CC(CS(=O)(=O)O)(OC(=O)C1CC2CC1CC2OCC1CO1)C(F)(F)F. The lowest BCUT2D eigenvalue weighted by Gasteiger charge is -2.33. The van der Waals surface area contributed by atoms with Crippen molar-refractivity contribution >= 4 is 16.1 Å². The van der Waals surface area contributed by atoms with Crippen LogP contribution in [0.25, 0.3) is 0 Å². The Balaban J connectivity index is 1.61. The molecule has 1 heterocycles. The van der Waals surface area contributed by atoms with Crippen LogP contribution in [0, 0.1) is 17.8 Å². The van der Waals surface area contributed by atoms with Crippen molar-refractivity contribution in [3.63, 3.8) is 0 Å². The zero-order valence-electron chi connectivity index (χ0n) is 14.1. The van der Waals surface area contributed by atoms with Crippen LogP contribution in [-0.4, -0.2) is 61.9 Å². The Bertz CT molecular complexity index is 661. The van der Waals surface area contributed by atoms with Gasteiger partial charge < -0.3 is 14.2 Å². The van der Waals surface area contributed by atoms with Gasteiger partial charge in [0.2, 0.25) is 5.60 Å².